The maximum absolute atomic E-state index is 12.2. The molecule has 0 N–H and O–H groups in total. The molecule has 3 saturated heterocycles. The van der Waals surface area contributed by atoms with E-state index in [4.69, 9.17) is 0 Å². The first-order valence-electron chi connectivity index (χ1n) is 7.81. The molecule has 0 aromatic carbocycles. The van der Waals surface area contributed by atoms with Crippen LogP contribution in [-0.2, 0) is 9.59 Å². The number of likely N-dealkylation sites (N-methyl/N-ethyl adjacent to an activating group) is 1. The minimum atomic E-state index is 0.0836. The second-order valence-electron chi connectivity index (χ2n) is 6.71. The molecule has 4 nitrogen and oxygen atoms in total. The summed E-state index contributed by atoms with van der Waals surface area (Å²) in [6.45, 7) is 2.44. The van der Waals surface area contributed by atoms with Crippen molar-refractivity contribution in [3.8, 4) is 0 Å². The summed E-state index contributed by atoms with van der Waals surface area (Å²) in [6, 6.07) is 0.674. The second kappa shape index (κ2) is 4.89. The fourth-order valence-corrected chi connectivity index (χ4v) is 4.49. The standard InChI is InChI=1S/C15H25N2O2/c1-17-10-3-2-7-13(17)12(6-5-11-17)16-14(18)8-4-9-15(16)19/h12-13H,2-11H2,1H3/q+1/t12-,13-,17+/m0/s1. The predicted octanol–water partition coefficient (Wildman–Crippen LogP) is 1.69. The molecule has 0 aliphatic carbocycles. The van der Waals surface area contributed by atoms with Gasteiger partial charge in [0.2, 0.25) is 11.8 Å². The highest BCUT2D eigenvalue weighted by Crippen LogP contribution is 2.36. The third-order valence-electron chi connectivity index (χ3n) is 5.48. The van der Waals surface area contributed by atoms with Gasteiger partial charge < -0.3 is 4.48 Å². The zero-order valence-corrected chi connectivity index (χ0v) is 11.9. The summed E-state index contributed by atoms with van der Waals surface area (Å²) in [7, 11) is 2.33. The quantitative estimate of drug-likeness (QED) is 0.534. The lowest BCUT2D eigenvalue weighted by Gasteiger charge is -2.53. The molecule has 3 atom stereocenters. The first-order valence-corrected chi connectivity index (χ1v) is 7.81. The van der Waals surface area contributed by atoms with Crippen LogP contribution in [0.1, 0.15) is 51.4 Å². The Kier molecular flexibility index (Phi) is 3.37. The number of quaternary nitrogens is 1. The van der Waals surface area contributed by atoms with E-state index < -0.39 is 0 Å². The van der Waals surface area contributed by atoms with Crippen LogP contribution in [0.5, 0.6) is 0 Å². The van der Waals surface area contributed by atoms with Crippen molar-refractivity contribution in [1.82, 2.24) is 4.90 Å². The van der Waals surface area contributed by atoms with E-state index in [0.717, 1.165) is 23.7 Å². The third-order valence-corrected chi connectivity index (χ3v) is 5.48. The number of hydrogen-bond acceptors (Lipinski definition) is 2. The summed E-state index contributed by atoms with van der Waals surface area (Å²) in [5.74, 6) is 0.167. The van der Waals surface area contributed by atoms with E-state index in [1.165, 1.54) is 32.4 Å². The molecule has 0 saturated carbocycles. The van der Waals surface area contributed by atoms with Crippen LogP contribution in [0.15, 0.2) is 0 Å². The zero-order valence-electron chi connectivity index (χ0n) is 11.9. The normalized spacial score (nSPS) is 40.2. The Balaban J connectivity index is 1.86. The Hall–Kier alpha value is -0.900. The van der Waals surface area contributed by atoms with E-state index >= 15 is 0 Å². The zero-order chi connectivity index (χ0) is 13.5. The maximum Gasteiger partial charge on any atom is 0.229 e. The van der Waals surface area contributed by atoms with Gasteiger partial charge in [0.25, 0.3) is 0 Å². The van der Waals surface area contributed by atoms with Gasteiger partial charge in [-0.1, -0.05) is 0 Å². The molecule has 0 aromatic heterocycles. The molecule has 0 radical (unpaired) electrons. The molecule has 3 aliphatic rings. The van der Waals surface area contributed by atoms with Crippen LogP contribution in [0.2, 0.25) is 0 Å². The van der Waals surface area contributed by atoms with E-state index in [2.05, 4.69) is 7.05 Å². The molecule has 3 aliphatic heterocycles. The van der Waals surface area contributed by atoms with E-state index in [9.17, 15) is 9.59 Å². The van der Waals surface area contributed by atoms with Crippen molar-refractivity contribution in [2.45, 2.75) is 63.5 Å². The molecule has 0 aromatic rings. The number of likely N-dealkylation sites (tertiary alicyclic amines) is 1. The average molecular weight is 265 g/mol. The van der Waals surface area contributed by atoms with Crippen LogP contribution in [0, 0.1) is 0 Å². The van der Waals surface area contributed by atoms with E-state index in [0.29, 0.717) is 18.9 Å². The Morgan fingerprint density at radius 3 is 2.37 bits per heavy atom. The monoisotopic (exact) mass is 265 g/mol. The van der Waals surface area contributed by atoms with E-state index in [1.54, 1.807) is 4.90 Å². The fraction of sp³-hybridized carbons (Fsp3) is 0.867. The van der Waals surface area contributed by atoms with E-state index in [1.807, 2.05) is 0 Å². The summed E-state index contributed by atoms with van der Waals surface area (Å²) in [4.78, 5) is 26.0. The Bertz CT molecular complexity index is 376. The molecular weight excluding hydrogens is 240 g/mol. The predicted molar refractivity (Wildman–Crippen MR) is 72.3 cm³/mol. The van der Waals surface area contributed by atoms with Crippen molar-refractivity contribution < 1.29 is 14.1 Å². The number of piperidine rings is 3. The molecule has 0 spiro atoms. The topological polar surface area (TPSA) is 37.4 Å². The maximum atomic E-state index is 12.2. The van der Waals surface area contributed by atoms with Crippen LogP contribution in [0.25, 0.3) is 0 Å². The Morgan fingerprint density at radius 2 is 1.63 bits per heavy atom. The van der Waals surface area contributed by atoms with Gasteiger partial charge in [-0.05, 0) is 32.1 Å². The van der Waals surface area contributed by atoms with Gasteiger partial charge in [-0.2, -0.15) is 0 Å². The average Bonchev–Trinajstić information content (AvgIpc) is 2.38. The lowest BCUT2D eigenvalue weighted by Crippen LogP contribution is -2.67. The summed E-state index contributed by atoms with van der Waals surface area (Å²) in [5, 5.41) is 0. The largest absolute Gasteiger partial charge is 0.322 e. The number of imide groups is 1. The van der Waals surface area contributed by atoms with Gasteiger partial charge >= 0.3 is 0 Å². The number of rotatable bonds is 1. The highest BCUT2D eigenvalue weighted by Gasteiger charge is 2.48. The smallest absolute Gasteiger partial charge is 0.229 e. The summed E-state index contributed by atoms with van der Waals surface area (Å²) in [6.07, 6.45) is 7.78. The summed E-state index contributed by atoms with van der Waals surface area (Å²) in [5.41, 5.74) is 0. The lowest BCUT2D eigenvalue weighted by atomic mass is 9.84. The van der Waals surface area contributed by atoms with Gasteiger partial charge in [-0.15, -0.1) is 0 Å². The minimum Gasteiger partial charge on any atom is -0.322 e. The first-order chi connectivity index (χ1) is 9.12. The number of fused-ring (bicyclic) bond motifs is 1. The van der Waals surface area contributed by atoms with Crippen molar-refractivity contribution >= 4 is 11.8 Å². The van der Waals surface area contributed by atoms with Gasteiger partial charge in [0.15, 0.2) is 0 Å². The van der Waals surface area contributed by atoms with Crippen molar-refractivity contribution in [3.05, 3.63) is 0 Å². The summed E-state index contributed by atoms with van der Waals surface area (Å²) >= 11 is 0. The second-order valence-corrected chi connectivity index (χ2v) is 6.71. The minimum absolute atomic E-state index is 0.0836. The van der Waals surface area contributed by atoms with Gasteiger partial charge in [-0.25, -0.2) is 0 Å². The van der Waals surface area contributed by atoms with E-state index in [-0.39, 0.29) is 17.9 Å². The first kappa shape index (κ1) is 13.1. The molecule has 4 heteroatoms. The molecular formula is C15H25N2O2+. The van der Waals surface area contributed by atoms with Crippen LogP contribution in [0.3, 0.4) is 0 Å². The van der Waals surface area contributed by atoms with Crippen LogP contribution < -0.4 is 0 Å². The van der Waals surface area contributed by atoms with Gasteiger partial charge in [0.05, 0.1) is 26.2 Å². The third kappa shape index (κ3) is 2.20. The number of nitrogens with zero attached hydrogens (tertiary/aromatic N) is 2. The molecule has 3 fully saturated rings. The van der Waals surface area contributed by atoms with Crippen molar-refractivity contribution in [2.75, 3.05) is 20.1 Å². The molecule has 2 amide bonds. The highest BCUT2D eigenvalue weighted by atomic mass is 16.2. The molecule has 3 rings (SSSR count). The number of carbonyl (C=O) groups excluding carboxylic acids is 2. The van der Waals surface area contributed by atoms with Crippen LogP contribution in [-0.4, -0.2) is 53.4 Å². The number of carbonyl (C=O) groups is 2. The summed E-state index contributed by atoms with van der Waals surface area (Å²) < 4.78 is 1.09. The van der Waals surface area contributed by atoms with Gasteiger partial charge in [-0.3, -0.25) is 14.5 Å². The number of hydrogen-bond donors (Lipinski definition) is 0. The molecule has 19 heavy (non-hydrogen) atoms. The molecule has 0 bridgehead atoms. The van der Waals surface area contributed by atoms with Crippen LogP contribution >= 0.6 is 0 Å². The highest BCUT2D eigenvalue weighted by molar-refractivity contribution is 5.98. The van der Waals surface area contributed by atoms with Crippen molar-refractivity contribution in [2.24, 2.45) is 0 Å². The fourth-order valence-electron chi connectivity index (χ4n) is 4.49. The van der Waals surface area contributed by atoms with Crippen LogP contribution in [0.4, 0.5) is 0 Å². The number of amides is 2. The molecule has 106 valence electrons. The molecule has 0 unspecified atom stereocenters. The molecule has 3 heterocycles. The lowest BCUT2D eigenvalue weighted by molar-refractivity contribution is -0.944. The van der Waals surface area contributed by atoms with Crippen molar-refractivity contribution in [3.63, 3.8) is 0 Å². The Morgan fingerprint density at radius 1 is 0.947 bits per heavy atom. The van der Waals surface area contributed by atoms with Gasteiger partial charge in [0.1, 0.15) is 6.04 Å². The van der Waals surface area contributed by atoms with Crippen molar-refractivity contribution in [1.29, 1.82) is 0 Å². The SMILES string of the molecule is C[N@+]12CCCC[C@H]1[C@@H](N1C(=O)CCCC1=O)CCC2. The van der Waals surface area contributed by atoms with Gasteiger partial charge in [0, 0.05) is 19.3 Å². The Labute approximate surface area is 115 Å².